The topological polar surface area (TPSA) is 63.2 Å². The molecule has 0 aromatic rings. The van der Waals surface area contributed by atoms with Gasteiger partial charge in [-0.2, -0.15) is 8.78 Å². The molecule has 24 heavy (non-hydrogen) atoms. The second-order valence-corrected chi connectivity index (χ2v) is 8.10. The number of amides is 1. The Hall–Kier alpha value is -0.720. The Balaban J connectivity index is 4.36. The first-order valence-corrected chi connectivity index (χ1v) is 10.7. The Labute approximate surface area is 145 Å². The first kappa shape index (κ1) is 23.3. The molecule has 0 aliphatic rings. The van der Waals surface area contributed by atoms with Crippen molar-refractivity contribution < 1.29 is 22.0 Å². The number of rotatable bonds is 15. The van der Waals surface area contributed by atoms with E-state index in [9.17, 15) is 22.0 Å². The summed E-state index contributed by atoms with van der Waals surface area (Å²) in [6, 6.07) is 0. The molecule has 0 heterocycles. The van der Waals surface area contributed by atoms with Gasteiger partial charge in [-0.25, -0.2) is 13.1 Å². The number of nitrogens with one attached hydrogen (secondary N) is 1. The number of hydrogen-bond donors (Lipinski definition) is 1. The Kier molecular flexibility index (Phi) is 13.2. The second-order valence-electron chi connectivity index (χ2n) is 6.45. The molecule has 0 aliphatic carbocycles. The van der Waals surface area contributed by atoms with Gasteiger partial charge in [0, 0.05) is 6.42 Å². The summed E-state index contributed by atoms with van der Waals surface area (Å²) < 4.78 is 48.3. The molecule has 0 aliphatic heterocycles. The number of carbonyl (C=O) groups is 1. The molecule has 0 aromatic carbocycles. The van der Waals surface area contributed by atoms with E-state index in [1.54, 1.807) is 0 Å². The lowest BCUT2D eigenvalue weighted by Crippen LogP contribution is -2.35. The van der Waals surface area contributed by atoms with Gasteiger partial charge < -0.3 is 0 Å². The molecule has 4 nitrogen and oxygen atoms in total. The maximum atomic E-state index is 12.3. The minimum absolute atomic E-state index is 0.00581. The van der Waals surface area contributed by atoms with Gasteiger partial charge in [-0.3, -0.25) is 4.79 Å². The van der Waals surface area contributed by atoms with Crippen LogP contribution in [0.3, 0.4) is 0 Å². The molecule has 0 rings (SSSR count). The normalized spacial score (nSPS) is 13.2. The number of carbonyl (C=O) groups excluding carboxylic acids is 1. The third-order valence-electron chi connectivity index (χ3n) is 4.15. The van der Waals surface area contributed by atoms with Crippen LogP contribution in [0.25, 0.3) is 0 Å². The lowest BCUT2D eigenvalue weighted by atomic mass is 9.91. The van der Waals surface area contributed by atoms with Crippen LogP contribution in [0.4, 0.5) is 8.78 Å². The molecular weight excluding hydrogens is 336 g/mol. The van der Waals surface area contributed by atoms with Crippen LogP contribution in [0.5, 0.6) is 0 Å². The average molecular weight is 370 g/mol. The van der Waals surface area contributed by atoms with Crippen LogP contribution in [-0.4, -0.2) is 20.1 Å². The molecule has 0 aromatic heterocycles. The highest BCUT2D eigenvalue weighted by Crippen LogP contribution is 2.22. The van der Waals surface area contributed by atoms with Gasteiger partial charge in [0.2, 0.25) is 5.91 Å². The van der Waals surface area contributed by atoms with E-state index in [4.69, 9.17) is 0 Å². The van der Waals surface area contributed by atoms with Gasteiger partial charge in [0.15, 0.2) is 0 Å². The fourth-order valence-corrected chi connectivity index (χ4v) is 3.24. The minimum atomic E-state index is -4.84. The zero-order chi connectivity index (χ0) is 18.4. The van der Waals surface area contributed by atoms with Crippen molar-refractivity contribution in [2.45, 2.75) is 96.7 Å². The predicted molar refractivity (Wildman–Crippen MR) is 93.3 cm³/mol. The standard InChI is InChI=1S/C17H33F2NO3S/c1-3-5-7-9-11-13-15(12-10-8-6-4-2)14-16(21)20-24(22,23)17(18)19/h15,17H,3-14H2,1-2H3,(H,20,21). The maximum absolute atomic E-state index is 12.3. The molecule has 0 saturated carbocycles. The third kappa shape index (κ3) is 11.8. The lowest BCUT2D eigenvalue weighted by Gasteiger charge is -2.16. The van der Waals surface area contributed by atoms with Gasteiger partial charge in [-0.15, -0.1) is 0 Å². The van der Waals surface area contributed by atoms with Gasteiger partial charge in [0.1, 0.15) is 0 Å². The smallest absolute Gasteiger partial charge is 0.274 e. The maximum Gasteiger partial charge on any atom is 0.355 e. The highest BCUT2D eigenvalue weighted by molar-refractivity contribution is 7.90. The molecular formula is C17H33F2NO3S. The van der Waals surface area contributed by atoms with Crippen LogP contribution >= 0.6 is 0 Å². The van der Waals surface area contributed by atoms with E-state index >= 15 is 0 Å². The van der Waals surface area contributed by atoms with Crippen LogP contribution in [0, 0.1) is 5.92 Å². The third-order valence-corrected chi connectivity index (χ3v) is 5.13. The zero-order valence-corrected chi connectivity index (χ0v) is 15.8. The van der Waals surface area contributed by atoms with E-state index in [2.05, 4.69) is 13.8 Å². The fourth-order valence-electron chi connectivity index (χ4n) is 2.75. The molecule has 1 atom stereocenters. The summed E-state index contributed by atoms with van der Waals surface area (Å²) in [5.74, 6) is -4.32. The lowest BCUT2D eigenvalue weighted by molar-refractivity contribution is -0.120. The SMILES string of the molecule is CCCCCCCC(CCCCCC)CC(=O)NS(=O)(=O)C(F)F. The predicted octanol–water partition coefficient (Wildman–Crippen LogP) is 4.99. The summed E-state index contributed by atoms with van der Waals surface area (Å²) >= 11 is 0. The Bertz CT molecular complexity index is 428. The van der Waals surface area contributed by atoms with Crippen molar-refractivity contribution in [3.05, 3.63) is 0 Å². The van der Waals surface area contributed by atoms with Crippen molar-refractivity contribution in [1.82, 2.24) is 4.72 Å². The number of halogens is 2. The van der Waals surface area contributed by atoms with E-state index in [0.29, 0.717) is 0 Å². The molecule has 1 N–H and O–H groups in total. The highest BCUT2D eigenvalue weighted by Gasteiger charge is 2.27. The van der Waals surface area contributed by atoms with Crippen LogP contribution < -0.4 is 4.72 Å². The van der Waals surface area contributed by atoms with Crippen molar-refractivity contribution in [2.24, 2.45) is 5.92 Å². The largest absolute Gasteiger partial charge is 0.355 e. The van der Waals surface area contributed by atoms with Gasteiger partial charge >= 0.3 is 5.76 Å². The highest BCUT2D eigenvalue weighted by atomic mass is 32.2. The first-order chi connectivity index (χ1) is 11.3. The number of alkyl halides is 2. The quantitative estimate of drug-likeness (QED) is 0.414. The van der Waals surface area contributed by atoms with E-state index in [0.717, 1.165) is 64.2 Å². The summed E-state index contributed by atoms with van der Waals surface area (Å²) in [6.45, 7) is 4.26. The molecule has 0 fully saturated rings. The molecule has 7 heteroatoms. The minimum Gasteiger partial charge on any atom is -0.274 e. The van der Waals surface area contributed by atoms with Crippen LogP contribution in [0.1, 0.15) is 90.9 Å². The zero-order valence-electron chi connectivity index (χ0n) is 15.0. The molecule has 1 amide bonds. The molecule has 0 saturated heterocycles. The summed E-state index contributed by atoms with van der Waals surface area (Å²) in [6.07, 6.45) is 11.6. The van der Waals surface area contributed by atoms with Crippen molar-refractivity contribution in [2.75, 3.05) is 0 Å². The summed E-state index contributed by atoms with van der Waals surface area (Å²) in [4.78, 5) is 11.8. The Morgan fingerprint density at radius 1 is 0.875 bits per heavy atom. The van der Waals surface area contributed by atoms with Crippen LogP contribution in [0.2, 0.25) is 0 Å². The van der Waals surface area contributed by atoms with E-state index < -0.39 is 21.7 Å². The van der Waals surface area contributed by atoms with Crippen molar-refractivity contribution in [1.29, 1.82) is 0 Å². The Morgan fingerprint density at radius 2 is 1.33 bits per heavy atom. The Morgan fingerprint density at radius 3 is 1.79 bits per heavy atom. The molecule has 0 spiro atoms. The summed E-state index contributed by atoms with van der Waals surface area (Å²) in [5, 5.41) is 0. The van der Waals surface area contributed by atoms with Crippen LogP contribution in [0.15, 0.2) is 0 Å². The number of hydrogen-bond acceptors (Lipinski definition) is 3. The fraction of sp³-hybridized carbons (Fsp3) is 0.941. The summed E-state index contributed by atoms with van der Waals surface area (Å²) in [7, 11) is -4.84. The number of sulfonamides is 1. The van der Waals surface area contributed by atoms with E-state index in [-0.39, 0.29) is 12.3 Å². The number of unbranched alkanes of at least 4 members (excludes halogenated alkanes) is 7. The van der Waals surface area contributed by atoms with Gasteiger partial charge in [-0.1, -0.05) is 71.6 Å². The summed E-state index contributed by atoms with van der Waals surface area (Å²) in [5.41, 5.74) is 0. The van der Waals surface area contributed by atoms with E-state index in [1.807, 2.05) is 0 Å². The van der Waals surface area contributed by atoms with Gasteiger partial charge in [0.25, 0.3) is 10.0 Å². The van der Waals surface area contributed by atoms with Gasteiger partial charge in [0.05, 0.1) is 0 Å². The van der Waals surface area contributed by atoms with E-state index in [1.165, 1.54) is 11.1 Å². The molecule has 0 bridgehead atoms. The van der Waals surface area contributed by atoms with Crippen molar-refractivity contribution >= 4 is 15.9 Å². The second kappa shape index (κ2) is 13.6. The van der Waals surface area contributed by atoms with Crippen molar-refractivity contribution in [3.63, 3.8) is 0 Å². The van der Waals surface area contributed by atoms with Crippen LogP contribution in [-0.2, 0) is 14.8 Å². The molecule has 1 unspecified atom stereocenters. The molecule has 144 valence electrons. The van der Waals surface area contributed by atoms with Crippen molar-refractivity contribution in [3.8, 4) is 0 Å². The average Bonchev–Trinajstić information content (AvgIpc) is 2.50. The molecule has 0 radical (unpaired) electrons. The first-order valence-electron chi connectivity index (χ1n) is 9.16. The van der Waals surface area contributed by atoms with Gasteiger partial charge in [-0.05, 0) is 18.8 Å². The monoisotopic (exact) mass is 369 g/mol.